The van der Waals surface area contributed by atoms with E-state index in [0.29, 0.717) is 6.07 Å². The molecule has 19 heavy (non-hydrogen) atoms. The Labute approximate surface area is 107 Å². The van der Waals surface area contributed by atoms with Crippen LogP contribution in [0, 0.1) is 17.5 Å². The molecule has 7 heteroatoms. The first-order chi connectivity index (χ1) is 8.97. The first-order valence-electron chi connectivity index (χ1n) is 5.70. The van der Waals surface area contributed by atoms with Gasteiger partial charge in [-0.3, -0.25) is 9.59 Å². The van der Waals surface area contributed by atoms with E-state index in [0.717, 1.165) is 18.9 Å². The number of carbonyl (C=O) groups is 2. The summed E-state index contributed by atoms with van der Waals surface area (Å²) in [5, 5.41) is 4.60. The van der Waals surface area contributed by atoms with Crippen molar-refractivity contribution in [2.45, 2.75) is 25.3 Å². The molecule has 2 rings (SSSR count). The van der Waals surface area contributed by atoms with Gasteiger partial charge in [0, 0.05) is 6.04 Å². The molecule has 1 aliphatic rings. The van der Waals surface area contributed by atoms with Crippen molar-refractivity contribution >= 4 is 17.5 Å². The molecule has 2 N–H and O–H groups in total. The molecule has 1 aromatic rings. The molecular weight excluding hydrogens is 261 g/mol. The normalized spacial score (nSPS) is 14.1. The third-order valence-corrected chi connectivity index (χ3v) is 2.57. The van der Waals surface area contributed by atoms with Gasteiger partial charge in [-0.25, -0.2) is 13.2 Å². The predicted molar refractivity (Wildman–Crippen MR) is 60.7 cm³/mol. The summed E-state index contributed by atoms with van der Waals surface area (Å²) in [5.41, 5.74) is -0.497. The Bertz CT molecular complexity index is 530. The lowest BCUT2D eigenvalue weighted by atomic mass is 10.2. The zero-order valence-electron chi connectivity index (χ0n) is 9.80. The molecule has 4 nitrogen and oxygen atoms in total. The lowest BCUT2D eigenvalue weighted by Crippen LogP contribution is -2.29. The fourth-order valence-electron chi connectivity index (χ4n) is 1.47. The monoisotopic (exact) mass is 272 g/mol. The highest BCUT2D eigenvalue weighted by atomic mass is 19.2. The van der Waals surface area contributed by atoms with Gasteiger partial charge in [0.25, 0.3) is 0 Å². The highest BCUT2D eigenvalue weighted by Gasteiger charge is 2.24. The van der Waals surface area contributed by atoms with E-state index in [1.54, 1.807) is 0 Å². The summed E-state index contributed by atoms with van der Waals surface area (Å²) in [4.78, 5) is 22.7. The highest BCUT2D eigenvalue weighted by Crippen LogP contribution is 2.20. The number of amides is 2. The topological polar surface area (TPSA) is 58.2 Å². The van der Waals surface area contributed by atoms with Crippen LogP contribution in [-0.4, -0.2) is 17.9 Å². The standard InChI is InChI=1S/C12H11F3N2O2/c13-7-3-4-8(12(15)11(7)14)17-10(19)5-9(18)16-6-1-2-6/h3-4,6H,1-2,5H2,(H,16,18)(H,17,19). The second-order valence-corrected chi connectivity index (χ2v) is 4.29. The second kappa shape index (κ2) is 5.29. The summed E-state index contributed by atoms with van der Waals surface area (Å²) < 4.78 is 38.8. The van der Waals surface area contributed by atoms with Crippen LogP contribution < -0.4 is 10.6 Å². The van der Waals surface area contributed by atoms with Crippen LogP contribution in [0.4, 0.5) is 18.9 Å². The van der Waals surface area contributed by atoms with Gasteiger partial charge in [-0.15, -0.1) is 0 Å². The fraction of sp³-hybridized carbons (Fsp3) is 0.333. The van der Waals surface area contributed by atoms with Gasteiger partial charge < -0.3 is 10.6 Å². The van der Waals surface area contributed by atoms with Gasteiger partial charge in [0.2, 0.25) is 11.8 Å². The van der Waals surface area contributed by atoms with Crippen LogP contribution in [0.25, 0.3) is 0 Å². The molecule has 0 saturated heterocycles. The number of rotatable bonds is 4. The molecule has 1 saturated carbocycles. The van der Waals surface area contributed by atoms with Gasteiger partial charge in [-0.05, 0) is 25.0 Å². The van der Waals surface area contributed by atoms with Gasteiger partial charge in [0.15, 0.2) is 17.5 Å². The van der Waals surface area contributed by atoms with E-state index in [9.17, 15) is 22.8 Å². The van der Waals surface area contributed by atoms with E-state index >= 15 is 0 Å². The van der Waals surface area contributed by atoms with Crippen molar-refractivity contribution in [3.8, 4) is 0 Å². The number of carbonyl (C=O) groups excluding carboxylic acids is 2. The Balaban J connectivity index is 1.94. The van der Waals surface area contributed by atoms with E-state index in [-0.39, 0.29) is 6.04 Å². The Hall–Kier alpha value is -2.05. The van der Waals surface area contributed by atoms with Crippen molar-refractivity contribution in [1.82, 2.24) is 5.32 Å². The molecule has 1 fully saturated rings. The van der Waals surface area contributed by atoms with Crippen LogP contribution >= 0.6 is 0 Å². The number of hydrogen-bond donors (Lipinski definition) is 2. The van der Waals surface area contributed by atoms with Gasteiger partial charge in [-0.1, -0.05) is 0 Å². The fourth-order valence-corrected chi connectivity index (χ4v) is 1.47. The van der Waals surface area contributed by atoms with Crippen LogP contribution in [0.3, 0.4) is 0 Å². The minimum Gasteiger partial charge on any atom is -0.353 e. The maximum absolute atomic E-state index is 13.3. The summed E-state index contributed by atoms with van der Waals surface area (Å²) in [6.45, 7) is 0. The lowest BCUT2D eigenvalue weighted by molar-refractivity contribution is -0.126. The molecule has 0 bridgehead atoms. The molecule has 0 heterocycles. The van der Waals surface area contributed by atoms with E-state index in [4.69, 9.17) is 0 Å². The van der Waals surface area contributed by atoms with Gasteiger partial charge in [0.05, 0.1) is 5.69 Å². The predicted octanol–water partition coefficient (Wildman–Crippen LogP) is 1.71. The van der Waals surface area contributed by atoms with Crippen LogP contribution in [0.1, 0.15) is 19.3 Å². The second-order valence-electron chi connectivity index (χ2n) is 4.29. The maximum atomic E-state index is 13.3. The number of nitrogens with one attached hydrogen (secondary N) is 2. The summed E-state index contributed by atoms with van der Waals surface area (Å²) in [6, 6.07) is 1.70. The molecule has 1 aromatic carbocycles. The molecule has 0 unspecified atom stereocenters. The molecule has 0 atom stereocenters. The smallest absolute Gasteiger partial charge is 0.233 e. The molecule has 0 aliphatic heterocycles. The molecule has 102 valence electrons. The van der Waals surface area contributed by atoms with Crippen molar-refractivity contribution in [3.63, 3.8) is 0 Å². The zero-order chi connectivity index (χ0) is 14.0. The third-order valence-electron chi connectivity index (χ3n) is 2.57. The quantitative estimate of drug-likeness (QED) is 0.647. The Morgan fingerprint density at radius 1 is 1.11 bits per heavy atom. The summed E-state index contributed by atoms with van der Waals surface area (Å²) >= 11 is 0. The first-order valence-corrected chi connectivity index (χ1v) is 5.70. The van der Waals surface area contributed by atoms with Crippen molar-refractivity contribution in [3.05, 3.63) is 29.6 Å². The maximum Gasteiger partial charge on any atom is 0.233 e. The van der Waals surface area contributed by atoms with Crippen LogP contribution in [0.2, 0.25) is 0 Å². The number of hydrogen-bond acceptors (Lipinski definition) is 2. The Morgan fingerprint density at radius 3 is 2.42 bits per heavy atom. The number of halogens is 3. The highest BCUT2D eigenvalue weighted by molar-refractivity contribution is 6.03. The molecule has 0 spiro atoms. The Morgan fingerprint density at radius 2 is 1.79 bits per heavy atom. The minimum absolute atomic E-state index is 0.111. The summed E-state index contributed by atoms with van der Waals surface area (Å²) in [6.07, 6.45) is 1.27. The first kappa shape index (κ1) is 13.4. The van der Waals surface area contributed by atoms with E-state index in [1.165, 1.54) is 0 Å². The number of anilines is 1. The average molecular weight is 272 g/mol. The Kier molecular flexibility index (Phi) is 3.73. The molecule has 0 radical (unpaired) electrons. The van der Waals surface area contributed by atoms with Crippen LogP contribution in [0.15, 0.2) is 12.1 Å². The van der Waals surface area contributed by atoms with Crippen molar-refractivity contribution in [1.29, 1.82) is 0 Å². The average Bonchev–Trinajstić information content (AvgIpc) is 3.13. The van der Waals surface area contributed by atoms with Crippen LogP contribution in [-0.2, 0) is 9.59 Å². The van der Waals surface area contributed by atoms with Gasteiger partial charge in [-0.2, -0.15) is 0 Å². The van der Waals surface area contributed by atoms with Gasteiger partial charge >= 0.3 is 0 Å². The lowest BCUT2D eigenvalue weighted by Gasteiger charge is -2.07. The van der Waals surface area contributed by atoms with E-state index in [2.05, 4.69) is 5.32 Å². The van der Waals surface area contributed by atoms with Crippen molar-refractivity contribution in [2.75, 3.05) is 5.32 Å². The molecule has 2 amide bonds. The van der Waals surface area contributed by atoms with Crippen molar-refractivity contribution in [2.24, 2.45) is 0 Å². The minimum atomic E-state index is -1.67. The zero-order valence-corrected chi connectivity index (χ0v) is 9.80. The van der Waals surface area contributed by atoms with Gasteiger partial charge in [0.1, 0.15) is 6.42 Å². The largest absolute Gasteiger partial charge is 0.353 e. The van der Waals surface area contributed by atoms with Crippen LogP contribution in [0.5, 0.6) is 0 Å². The summed E-state index contributed by atoms with van der Waals surface area (Å²) in [7, 11) is 0. The van der Waals surface area contributed by atoms with E-state index < -0.39 is 41.4 Å². The number of benzene rings is 1. The third kappa shape index (κ3) is 3.46. The summed E-state index contributed by atoms with van der Waals surface area (Å²) in [5.74, 6) is -5.77. The molecule has 1 aliphatic carbocycles. The van der Waals surface area contributed by atoms with Crippen molar-refractivity contribution < 1.29 is 22.8 Å². The molecule has 0 aromatic heterocycles. The molecular formula is C12H11F3N2O2. The van der Waals surface area contributed by atoms with E-state index in [1.807, 2.05) is 5.32 Å². The SMILES string of the molecule is O=C(CC(=O)NC1CC1)Nc1ccc(F)c(F)c1F.